The second kappa shape index (κ2) is 4.22. The van der Waals surface area contributed by atoms with E-state index < -0.39 is 6.10 Å². The van der Waals surface area contributed by atoms with Gasteiger partial charge in [-0.15, -0.1) is 0 Å². The van der Waals surface area contributed by atoms with Crippen LogP contribution in [0.2, 0.25) is 0 Å². The predicted molar refractivity (Wildman–Crippen MR) is 66.8 cm³/mol. The Balaban J connectivity index is 2.62. The van der Waals surface area contributed by atoms with Crippen molar-refractivity contribution < 1.29 is 14.6 Å². The number of hydrogen-bond acceptors (Lipinski definition) is 3. The summed E-state index contributed by atoms with van der Waals surface area (Å²) in [5.41, 5.74) is 1.90. The summed E-state index contributed by atoms with van der Waals surface area (Å²) in [5.74, 6) is 1.61. The van der Waals surface area contributed by atoms with Crippen molar-refractivity contribution in [3.63, 3.8) is 0 Å². The van der Waals surface area contributed by atoms with Gasteiger partial charge in [-0.2, -0.15) is 0 Å². The summed E-state index contributed by atoms with van der Waals surface area (Å²) in [6, 6.07) is 3.87. The quantitative estimate of drug-likeness (QED) is 0.815. The van der Waals surface area contributed by atoms with Crippen LogP contribution >= 0.6 is 0 Å². The van der Waals surface area contributed by atoms with Gasteiger partial charge in [0, 0.05) is 17.5 Å². The van der Waals surface area contributed by atoms with Gasteiger partial charge in [0.2, 0.25) is 0 Å². The van der Waals surface area contributed by atoms with Crippen LogP contribution in [0.15, 0.2) is 12.1 Å². The van der Waals surface area contributed by atoms with Gasteiger partial charge in [-0.1, -0.05) is 20.8 Å². The molecule has 0 radical (unpaired) electrons. The number of methoxy groups -OCH3 is 1. The smallest absolute Gasteiger partial charge is 0.129 e. The van der Waals surface area contributed by atoms with Gasteiger partial charge in [-0.3, -0.25) is 0 Å². The van der Waals surface area contributed by atoms with Crippen LogP contribution in [0, 0.1) is 0 Å². The Kier molecular flexibility index (Phi) is 3.04. The van der Waals surface area contributed by atoms with Crippen LogP contribution in [0.1, 0.15) is 44.4 Å². The third-order valence-corrected chi connectivity index (χ3v) is 3.13. The number of fused-ring (bicyclic) bond motifs is 1. The molecular formula is C14H20O3. The highest BCUT2D eigenvalue weighted by molar-refractivity contribution is 5.51. The first-order valence-corrected chi connectivity index (χ1v) is 5.96. The zero-order valence-corrected chi connectivity index (χ0v) is 10.9. The highest BCUT2D eigenvalue weighted by atomic mass is 16.5. The number of benzene rings is 1. The minimum absolute atomic E-state index is 0.0321. The summed E-state index contributed by atoms with van der Waals surface area (Å²) < 4.78 is 11.0. The maximum Gasteiger partial charge on any atom is 0.129 e. The maximum absolute atomic E-state index is 10.0. The lowest BCUT2D eigenvalue weighted by Crippen LogP contribution is -2.20. The van der Waals surface area contributed by atoms with Crippen molar-refractivity contribution in [3.8, 4) is 11.5 Å². The van der Waals surface area contributed by atoms with Crippen molar-refractivity contribution in [2.45, 2.75) is 38.7 Å². The average Bonchev–Trinajstić information content (AvgIpc) is 2.27. The van der Waals surface area contributed by atoms with E-state index in [9.17, 15) is 5.11 Å². The predicted octanol–water partition coefficient (Wildman–Crippen LogP) is 2.81. The van der Waals surface area contributed by atoms with Crippen LogP contribution in [0.4, 0.5) is 0 Å². The zero-order chi connectivity index (χ0) is 12.6. The van der Waals surface area contributed by atoms with Gasteiger partial charge in [0.15, 0.2) is 0 Å². The average molecular weight is 236 g/mol. The summed E-state index contributed by atoms with van der Waals surface area (Å²) in [4.78, 5) is 0. The number of aliphatic hydroxyl groups excluding tert-OH is 1. The Hall–Kier alpha value is -1.22. The normalized spacial score (nSPS) is 19.5. The van der Waals surface area contributed by atoms with Gasteiger partial charge in [0.25, 0.3) is 0 Å². The summed E-state index contributed by atoms with van der Waals surface area (Å²) in [6.45, 7) is 6.97. The molecule has 1 heterocycles. The molecule has 0 unspecified atom stereocenters. The summed E-state index contributed by atoms with van der Waals surface area (Å²) in [5, 5.41) is 10.0. The number of ether oxygens (including phenoxy) is 2. The fourth-order valence-electron chi connectivity index (χ4n) is 2.14. The van der Waals surface area contributed by atoms with E-state index in [-0.39, 0.29) is 5.41 Å². The molecule has 17 heavy (non-hydrogen) atoms. The first kappa shape index (κ1) is 12.2. The van der Waals surface area contributed by atoms with Gasteiger partial charge in [0.05, 0.1) is 19.8 Å². The maximum atomic E-state index is 10.0. The molecule has 0 aliphatic carbocycles. The summed E-state index contributed by atoms with van der Waals surface area (Å²) in [6.07, 6.45) is 0.193. The van der Waals surface area contributed by atoms with Crippen molar-refractivity contribution in [2.75, 3.05) is 13.7 Å². The third kappa shape index (κ3) is 2.25. The second-order valence-corrected chi connectivity index (χ2v) is 5.50. The van der Waals surface area contributed by atoms with Crippen molar-refractivity contribution in [2.24, 2.45) is 0 Å². The third-order valence-electron chi connectivity index (χ3n) is 3.13. The molecule has 3 heteroatoms. The molecule has 1 aromatic rings. The van der Waals surface area contributed by atoms with Gasteiger partial charge in [-0.25, -0.2) is 0 Å². The Labute approximate surface area is 102 Å². The standard InChI is InChI=1S/C14H20O3/c1-14(2,3)11-8-9(16-4)7-10-12(15)5-6-17-13(10)11/h7-8,12,15H,5-6H2,1-4H3/t12-/m1/s1. The molecule has 1 atom stereocenters. The minimum Gasteiger partial charge on any atom is -0.497 e. The Bertz CT molecular complexity index is 418. The molecule has 0 saturated carbocycles. The van der Waals surface area contributed by atoms with Crippen molar-refractivity contribution >= 4 is 0 Å². The monoisotopic (exact) mass is 236 g/mol. The van der Waals surface area contributed by atoms with Gasteiger partial charge < -0.3 is 14.6 Å². The Morgan fingerprint density at radius 3 is 2.65 bits per heavy atom. The van der Waals surface area contributed by atoms with Gasteiger partial charge in [0.1, 0.15) is 11.5 Å². The van der Waals surface area contributed by atoms with Crippen LogP contribution < -0.4 is 9.47 Å². The molecule has 0 bridgehead atoms. The molecule has 94 valence electrons. The van der Waals surface area contributed by atoms with Crippen molar-refractivity contribution in [1.29, 1.82) is 0 Å². The largest absolute Gasteiger partial charge is 0.497 e. The number of hydrogen-bond donors (Lipinski definition) is 1. The molecule has 0 fully saturated rings. The van der Waals surface area contributed by atoms with Crippen molar-refractivity contribution in [3.05, 3.63) is 23.3 Å². The van der Waals surface area contributed by atoms with Crippen LogP contribution in [-0.4, -0.2) is 18.8 Å². The summed E-state index contributed by atoms with van der Waals surface area (Å²) >= 11 is 0. The molecule has 0 aromatic heterocycles. The van der Waals surface area contributed by atoms with E-state index in [2.05, 4.69) is 20.8 Å². The molecule has 0 spiro atoms. The van der Waals surface area contributed by atoms with E-state index in [0.29, 0.717) is 13.0 Å². The fourth-order valence-corrected chi connectivity index (χ4v) is 2.14. The minimum atomic E-state index is -0.449. The lowest BCUT2D eigenvalue weighted by molar-refractivity contribution is 0.113. The molecule has 1 aliphatic rings. The molecule has 1 aromatic carbocycles. The number of rotatable bonds is 1. The highest BCUT2D eigenvalue weighted by Crippen LogP contribution is 2.42. The molecule has 2 rings (SSSR count). The fraction of sp³-hybridized carbons (Fsp3) is 0.571. The topological polar surface area (TPSA) is 38.7 Å². The van der Waals surface area contributed by atoms with E-state index in [1.807, 2.05) is 12.1 Å². The first-order chi connectivity index (χ1) is 7.93. The van der Waals surface area contributed by atoms with E-state index in [0.717, 1.165) is 22.6 Å². The second-order valence-electron chi connectivity index (χ2n) is 5.50. The van der Waals surface area contributed by atoms with E-state index in [1.165, 1.54) is 0 Å². The van der Waals surface area contributed by atoms with Crippen LogP contribution in [0.5, 0.6) is 11.5 Å². The van der Waals surface area contributed by atoms with Crippen LogP contribution in [0.25, 0.3) is 0 Å². The molecule has 0 amide bonds. The van der Waals surface area contributed by atoms with Gasteiger partial charge in [-0.05, 0) is 17.5 Å². The number of aliphatic hydroxyl groups is 1. The zero-order valence-electron chi connectivity index (χ0n) is 10.9. The van der Waals surface area contributed by atoms with Crippen LogP contribution in [-0.2, 0) is 5.41 Å². The van der Waals surface area contributed by atoms with E-state index >= 15 is 0 Å². The van der Waals surface area contributed by atoms with E-state index in [4.69, 9.17) is 9.47 Å². The highest BCUT2D eigenvalue weighted by Gasteiger charge is 2.28. The SMILES string of the molecule is COc1cc2c(c(C(C)(C)C)c1)OCC[C@H]2O. The van der Waals surface area contributed by atoms with Crippen LogP contribution in [0.3, 0.4) is 0 Å². The molecule has 3 nitrogen and oxygen atoms in total. The first-order valence-electron chi connectivity index (χ1n) is 5.96. The lowest BCUT2D eigenvalue weighted by Gasteiger charge is -2.30. The molecule has 0 saturated heterocycles. The lowest BCUT2D eigenvalue weighted by atomic mass is 9.83. The summed E-state index contributed by atoms with van der Waals surface area (Å²) in [7, 11) is 1.64. The molecule has 1 N–H and O–H groups in total. The molecular weight excluding hydrogens is 216 g/mol. The Morgan fingerprint density at radius 2 is 2.06 bits per heavy atom. The van der Waals surface area contributed by atoms with Gasteiger partial charge >= 0.3 is 0 Å². The Morgan fingerprint density at radius 1 is 1.35 bits per heavy atom. The molecule has 1 aliphatic heterocycles. The van der Waals surface area contributed by atoms with E-state index in [1.54, 1.807) is 7.11 Å². The van der Waals surface area contributed by atoms with Crippen molar-refractivity contribution in [1.82, 2.24) is 0 Å².